The highest BCUT2D eigenvalue weighted by Crippen LogP contribution is 2.35. The first kappa shape index (κ1) is 13.4. The highest BCUT2D eigenvalue weighted by atomic mass is 16.5. The molecular weight excluding hydrogens is 284 g/mol. The number of carbonyl (C=O) groups is 1. The van der Waals surface area contributed by atoms with Crippen LogP contribution in [0.1, 0.15) is 43.0 Å². The molecule has 1 aliphatic heterocycles. The fourth-order valence-electron chi connectivity index (χ4n) is 3.18. The van der Waals surface area contributed by atoms with E-state index < -0.39 is 5.97 Å². The summed E-state index contributed by atoms with van der Waals surface area (Å²) in [7, 11) is 0. The van der Waals surface area contributed by atoms with E-state index in [0.29, 0.717) is 35.4 Å². The molecule has 0 amide bonds. The third-order valence-electron chi connectivity index (χ3n) is 4.26. The normalized spacial score (nSPS) is 23.1. The predicted octanol–water partition coefficient (Wildman–Crippen LogP) is 2.02. The van der Waals surface area contributed by atoms with Crippen LogP contribution >= 0.6 is 0 Å². The van der Waals surface area contributed by atoms with Gasteiger partial charge in [0.05, 0.1) is 25.0 Å². The van der Waals surface area contributed by atoms with Gasteiger partial charge in [0, 0.05) is 0 Å². The van der Waals surface area contributed by atoms with Gasteiger partial charge in [0.1, 0.15) is 11.7 Å². The second-order valence-electron chi connectivity index (χ2n) is 5.69. The van der Waals surface area contributed by atoms with E-state index in [0.717, 1.165) is 12.8 Å². The summed E-state index contributed by atoms with van der Waals surface area (Å²) in [5.74, 6) is 0.966. The van der Waals surface area contributed by atoms with Crippen LogP contribution in [0, 0.1) is 0 Å². The smallest absolute Gasteiger partial charge is 0.343 e. The first-order valence-corrected chi connectivity index (χ1v) is 7.75. The predicted molar refractivity (Wildman–Crippen MR) is 79.2 cm³/mol. The molecule has 116 valence electrons. The van der Waals surface area contributed by atoms with Crippen molar-refractivity contribution in [1.29, 1.82) is 0 Å². The fraction of sp³-hybridized carbons (Fsp3) is 0.533. The van der Waals surface area contributed by atoms with Gasteiger partial charge in [-0.15, -0.1) is 0 Å². The largest absolute Gasteiger partial charge is 0.483 e. The Balaban J connectivity index is 1.73. The number of rotatable bonds is 2. The molecule has 2 aromatic heterocycles. The summed E-state index contributed by atoms with van der Waals surface area (Å²) in [5.41, 5.74) is 0.861. The number of anilines is 1. The van der Waals surface area contributed by atoms with E-state index in [1.807, 2.05) is 0 Å². The van der Waals surface area contributed by atoms with Crippen molar-refractivity contribution in [2.75, 3.05) is 11.9 Å². The van der Waals surface area contributed by atoms with Crippen molar-refractivity contribution in [2.45, 2.75) is 44.8 Å². The quantitative estimate of drug-likeness (QED) is 0.855. The highest BCUT2D eigenvalue weighted by molar-refractivity contribution is 5.95. The Morgan fingerprint density at radius 2 is 2.36 bits per heavy atom. The van der Waals surface area contributed by atoms with Gasteiger partial charge in [-0.1, -0.05) is 6.42 Å². The number of aromatic nitrogens is 3. The van der Waals surface area contributed by atoms with Gasteiger partial charge >= 0.3 is 5.97 Å². The van der Waals surface area contributed by atoms with Crippen molar-refractivity contribution >= 4 is 17.4 Å². The molecule has 1 saturated carbocycles. The average Bonchev–Trinajstić information content (AvgIpc) is 2.93. The monoisotopic (exact) mass is 302 g/mol. The zero-order valence-corrected chi connectivity index (χ0v) is 12.4. The molecule has 0 radical (unpaired) electrons. The molecule has 0 spiro atoms. The molecule has 2 aliphatic rings. The molecule has 7 heteroatoms. The van der Waals surface area contributed by atoms with Crippen LogP contribution in [0.3, 0.4) is 0 Å². The molecule has 2 aromatic rings. The van der Waals surface area contributed by atoms with Crippen molar-refractivity contribution in [3.05, 3.63) is 18.0 Å². The van der Waals surface area contributed by atoms with Crippen molar-refractivity contribution < 1.29 is 14.3 Å². The maximum absolute atomic E-state index is 11.9. The summed E-state index contributed by atoms with van der Waals surface area (Å²) >= 11 is 0. The van der Waals surface area contributed by atoms with Crippen molar-refractivity contribution in [3.63, 3.8) is 0 Å². The summed E-state index contributed by atoms with van der Waals surface area (Å²) in [6.45, 7) is 2.10. The molecule has 3 heterocycles. The highest BCUT2D eigenvalue weighted by Gasteiger charge is 2.33. The third-order valence-corrected chi connectivity index (χ3v) is 4.26. The second-order valence-corrected chi connectivity index (χ2v) is 5.69. The zero-order chi connectivity index (χ0) is 15.1. The molecule has 7 nitrogen and oxygen atoms in total. The molecule has 0 saturated heterocycles. The summed E-state index contributed by atoms with van der Waals surface area (Å²) in [5, 5.41) is 7.63. The minimum absolute atomic E-state index is 0.195. The van der Waals surface area contributed by atoms with E-state index in [9.17, 15) is 4.79 Å². The van der Waals surface area contributed by atoms with Gasteiger partial charge in [-0.2, -0.15) is 5.10 Å². The SMILES string of the molecule is CCOC(=O)c1cnn2cc3c(nc12)N[C@@H]1CCCC[C@@H]1O3. The van der Waals surface area contributed by atoms with Gasteiger partial charge in [-0.25, -0.2) is 14.3 Å². The van der Waals surface area contributed by atoms with Gasteiger partial charge in [0.25, 0.3) is 0 Å². The lowest BCUT2D eigenvalue weighted by Crippen LogP contribution is -2.44. The Bertz CT molecular complexity index is 727. The van der Waals surface area contributed by atoms with E-state index in [1.165, 1.54) is 19.0 Å². The summed E-state index contributed by atoms with van der Waals surface area (Å²) in [6.07, 6.45) is 8.00. The third kappa shape index (κ3) is 2.08. The molecule has 1 aliphatic carbocycles. The summed E-state index contributed by atoms with van der Waals surface area (Å²) < 4.78 is 12.7. The van der Waals surface area contributed by atoms with Gasteiger partial charge in [0.2, 0.25) is 0 Å². The van der Waals surface area contributed by atoms with Gasteiger partial charge < -0.3 is 14.8 Å². The Morgan fingerprint density at radius 1 is 1.50 bits per heavy atom. The number of esters is 1. The summed E-state index contributed by atoms with van der Waals surface area (Å²) in [4.78, 5) is 16.5. The van der Waals surface area contributed by atoms with Gasteiger partial charge in [-0.05, 0) is 26.2 Å². The number of fused-ring (bicyclic) bond motifs is 3. The molecular formula is C15H18N4O3. The number of nitrogens with zero attached hydrogens (tertiary/aromatic N) is 3. The number of carbonyl (C=O) groups excluding carboxylic acids is 1. The first-order valence-electron chi connectivity index (χ1n) is 7.75. The number of hydrogen-bond donors (Lipinski definition) is 1. The number of ether oxygens (including phenoxy) is 2. The van der Waals surface area contributed by atoms with Crippen LogP contribution in [-0.2, 0) is 4.74 Å². The molecule has 0 aromatic carbocycles. The maximum Gasteiger partial charge on any atom is 0.343 e. The van der Waals surface area contributed by atoms with Crippen molar-refractivity contribution in [1.82, 2.24) is 14.6 Å². The minimum Gasteiger partial charge on any atom is -0.483 e. The van der Waals surface area contributed by atoms with Crippen LogP contribution < -0.4 is 10.1 Å². The Hall–Kier alpha value is -2.31. The minimum atomic E-state index is -0.405. The lowest BCUT2D eigenvalue weighted by Gasteiger charge is -2.37. The van der Waals surface area contributed by atoms with E-state index in [1.54, 1.807) is 17.6 Å². The van der Waals surface area contributed by atoms with Crippen LogP contribution in [0.5, 0.6) is 5.75 Å². The Labute approximate surface area is 127 Å². The van der Waals surface area contributed by atoms with Crippen LogP contribution in [0.15, 0.2) is 12.4 Å². The number of hydrogen-bond acceptors (Lipinski definition) is 6. The molecule has 2 atom stereocenters. The van der Waals surface area contributed by atoms with Crippen LogP contribution in [0.2, 0.25) is 0 Å². The maximum atomic E-state index is 11.9. The van der Waals surface area contributed by atoms with E-state index in [-0.39, 0.29) is 6.10 Å². The lowest BCUT2D eigenvalue weighted by molar-refractivity contribution is 0.0528. The molecule has 22 heavy (non-hydrogen) atoms. The van der Waals surface area contributed by atoms with Crippen LogP contribution in [0.25, 0.3) is 5.65 Å². The molecule has 0 bridgehead atoms. The second kappa shape index (κ2) is 5.15. The topological polar surface area (TPSA) is 77.8 Å². The van der Waals surface area contributed by atoms with E-state index in [2.05, 4.69) is 15.4 Å². The lowest BCUT2D eigenvalue weighted by atomic mass is 9.91. The van der Waals surface area contributed by atoms with E-state index in [4.69, 9.17) is 9.47 Å². The van der Waals surface area contributed by atoms with Gasteiger partial charge in [0.15, 0.2) is 17.2 Å². The first-order chi connectivity index (χ1) is 10.8. The molecule has 1 fully saturated rings. The molecule has 0 unspecified atom stereocenters. The summed E-state index contributed by atoms with van der Waals surface area (Å²) in [6, 6.07) is 0.296. The van der Waals surface area contributed by atoms with Crippen LogP contribution in [-0.4, -0.2) is 39.3 Å². The van der Waals surface area contributed by atoms with Crippen molar-refractivity contribution in [2.24, 2.45) is 0 Å². The van der Waals surface area contributed by atoms with Crippen LogP contribution in [0.4, 0.5) is 5.82 Å². The average molecular weight is 302 g/mol. The molecule has 1 N–H and O–H groups in total. The number of nitrogens with one attached hydrogen (secondary N) is 1. The van der Waals surface area contributed by atoms with Gasteiger partial charge in [-0.3, -0.25) is 0 Å². The van der Waals surface area contributed by atoms with Crippen molar-refractivity contribution in [3.8, 4) is 5.75 Å². The fourth-order valence-corrected chi connectivity index (χ4v) is 3.18. The Morgan fingerprint density at radius 3 is 3.23 bits per heavy atom. The Kier molecular flexibility index (Phi) is 3.13. The zero-order valence-electron chi connectivity index (χ0n) is 12.4. The van der Waals surface area contributed by atoms with E-state index >= 15 is 0 Å². The standard InChI is InChI=1S/C15H18N4O3/c1-2-21-15(20)9-7-16-19-8-12-13(18-14(9)19)17-10-5-3-4-6-11(10)22-12/h7-8,10-11H,2-6H2,1H3,(H,17,18)/t10-,11+/m1/s1. The molecule has 4 rings (SSSR count).